The van der Waals surface area contributed by atoms with Gasteiger partial charge in [-0.25, -0.2) is 9.18 Å². The molecule has 6 heteroatoms. The van der Waals surface area contributed by atoms with Crippen LogP contribution in [0.3, 0.4) is 0 Å². The number of amides is 1. The van der Waals surface area contributed by atoms with Crippen LogP contribution in [0.4, 0.5) is 14.9 Å². The van der Waals surface area contributed by atoms with E-state index in [9.17, 15) is 9.18 Å². The maximum atomic E-state index is 13.6. The summed E-state index contributed by atoms with van der Waals surface area (Å²) >= 11 is 1.53. The molecule has 0 aliphatic carbocycles. The first-order chi connectivity index (χ1) is 12.1. The van der Waals surface area contributed by atoms with Gasteiger partial charge in [0.05, 0.1) is 5.69 Å². The zero-order chi connectivity index (χ0) is 17.4. The Bertz CT molecular complexity index is 751. The molecule has 0 saturated carbocycles. The Hall–Kier alpha value is -1.92. The van der Waals surface area contributed by atoms with Gasteiger partial charge in [0.1, 0.15) is 11.9 Å². The number of carbonyl (C=O) groups excluding carboxylic acids is 1. The van der Waals surface area contributed by atoms with Gasteiger partial charge in [-0.05, 0) is 60.5 Å². The minimum Gasteiger partial charge on any atom is -0.446 e. The van der Waals surface area contributed by atoms with Crippen LogP contribution in [-0.4, -0.2) is 36.2 Å². The fourth-order valence-electron chi connectivity index (χ4n) is 4.03. The molecule has 0 radical (unpaired) electrons. The number of rotatable bonds is 3. The zero-order valence-corrected chi connectivity index (χ0v) is 14.9. The number of halogens is 1. The molecule has 2 fully saturated rings. The summed E-state index contributed by atoms with van der Waals surface area (Å²) in [6.07, 6.45) is 3.64. The fraction of sp³-hybridized carbons (Fsp3) is 0.421. The molecule has 1 aromatic heterocycles. The Morgan fingerprint density at radius 1 is 1.28 bits per heavy atom. The lowest BCUT2D eigenvalue weighted by Crippen LogP contribution is -2.43. The number of fused-ring (bicyclic) bond motifs is 2. The molecule has 2 saturated heterocycles. The highest BCUT2D eigenvalue weighted by Gasteiger charge is 2.39. The Balaban J connectivity index is 1.45. The first-order valence-corrected chi connectivity index (χ1v) is 9.56. The van der Waals surface area contributed by atoms with E-state index in [4.69, 9.17) is 4.74 Å². The highest BCUT2D eigenvalue weighted by molar-refractivity contribution is 7.08. The Labute approximate surface area is 150 Å². The molecule has 3 heterocycles. The van der Waals surface area contributed by atoms with E-state index in [1.165, 1.54) is 36.3 Å². The molecule has 1 unspecified atom stereocenters. The third-order valence-electron chi connectivity index (χ3n) is 5.38. The number of ether oxygens (including phenoxy) is 1. The summed E-state index contributed by atoms with van der Waals surface area (Å²) in [4.78, 5) is 14.8. The maximum Gasteiger partial charge on any atom is 0.411 e. The summed E-state index contributed by atoms with van der Waals surface area (Å²) in [6.45, 7) is 0. The molecular formula is C19H21FN2O2S. The van der Waals surface area contributed by atoms with Crippen LogP contribution in [0.1, 0.15) is 25.7 Å². The standard InChI is InChI=1S/C19H21FN2O2S/c1-22-14-3-4-15(22)10-16(9-14)24-19(23)21-18-5-2-13(20)8-17(18)12-6-7-25-11-12/h2,5-8,11,14-16H,3-4,9-10H2,1H3,(H,21,23)/t14-,15+,16?. The summed E-state index contributed by atoms with van der Waals surface area (Å²) < 4.78 is 19.3. The second-order valence-corrected chi connectivity index (χ2v) is 7.66. The minimum absolute atomic E-state index is 0.0428. The second kappa shape index (κ2) is 6.77. The van der Waals surface area contributed by atoms with Gasteiger partial charge >= 0.3 is 6.09 Å². The van der Waals surface area contributed by atoms with Gasteiger partial charge in [-0.1, -0.05) is 0 Å². The maximum absolute atomic E-state index is 13.6. The van der Waals surface area contributed by atoms with Crippen molar-refractivity contribution in [3.05, 3.63) is 40.8 Å². The van der Waals surface area contributed by atoms with E-state index in [-0.39, 0.29) is 11.9 Å². The van der Waals surface area contributed by atoms with Crippen LogP contribution in [0.15, 0.2) is 35.0 Å². The smallest absolute Gasteiger partial charge is 0.411 e. The summed E-state index contributed by atoms with van der Waals surface area (Å²) in [5.41, 5.74) is 2.12. The van der Waals surface area contributed by atoms with Gasteiger partial charge in [0.2, 0.25) is 0 Å². The van der Waals surface area contributed by atoms with Crippen molar-refractivity contribution < 1.29 is 13.9 Å². The first kappa shape index (κ1) is 16.5. The molecular weight excluding hydrogens is 339 g/mol. The van der Waals surface area contributed by atoms with Gasteiger partial charge in [0.15, 0.2) is 0 Å². The lowest BCUT2D eigenvalue weighted by molar-refractivity contribution is 0.0348. The Morgan fingerprint density at radius 3 is 2.72 bits per heavy atom. The monoisotopic (exact) mass is 360 g/mol. The van der Waals surface area contributed by atoms with Crippen molar-refractivity contribution in [2.75, 3.05) is 12.4 Å². The van der Waals surface area contributed by atoms with Crippen molar-refractivity contribution in [1.29, 1.82) is 0 Å². The van der Waals surface area contributed by atoms with Crippen LogP contribution in [0.2, 0.25) is 0 Å². The summed E-state index contributed by atoms with van der Waals surface area (Å²) in [5.74, 6) is -0.327. The highest BCUT2D eigenvalue weighted by atomic mass is 32.1. The van der Waals surface area contributed by atoms with E-state index < -0.39 is 6.09 Å². The van der Waals surface area contributed by atoms with E-state index in [2.05, 4.69) is 17.3 Å². The molecule has 1 N–H and O–H groups in total. The summed E-state index contributed by atoms with van der Waals surface area (Å²) in [5, 5.41) is 6.66. The number of hydrogen-bond donors (Lipinski definition) is 1. The van der Waals surface area contributed by atoms with E-state index in [1.807, 2.05) is 16.8 Å². The van der Waals surface area contributed by atoms with Gasteiger partial charge in [0, 0.05) is 30.5 Å². The lowest BCUT2D eigenvalue weighted by atomic mass is 10.0. The zero-order valence-electron chi connectivity index (χ0n) is 14.1. The number of piperidine rings is 1. The van der Waals surface area contributed by atoms with Crippen molar-refractivity contribution in [3.8, 4) is 11.1 Å². The molecule has 2 aliphatic heterocycles. The number of benzene rings is 1. The number of hydrogen-bond acceptors (Lipinski definition) is 4. The second-order valence-electron chi connectivity index (χ2n) is 6.88. The summed E-state index contributed by atoms with van der Waals surface area (Å²) in [6, 6.07) is 7.31. The van der Waals surface area contributed by atoms with Gasteiger partial charge in [0.25, 0.3) is 0 Å². The third-order valence-corrected chi connectivity index (χ3v) is 6.06. The number of carbonyl (C=O) groups is 1. The predicted molar refractivity (Wildman–Crippen MR) is 97.4 cm³/mol. The topological polar surface area (TPSA) is 41.6 Å². The van der Waals surface area contributed by atoms with Crippen LogP contribution in [-0.2, 0) is 4.74 Å². The van der Waals surface area contributed by atoms with Gasteiger partial charge in [-0.15, -0.1) is 0 Å². The van der Waals surface area contributed by atoms with Crippen LogP contribution >= 0.6 is 11.3 Å². The van der Waals surface area contributed by atoms with E-state index in [0.29, 0.717) is 23.3 Å². The van der Waals surface area contributed by atoms with Crippen molar-refractivity contribution in [2.24, 2.45) is 0 Å². The number of thiophene rings is 1. The Kier molecular flexibility index (Phi) is 4.48. The number of anilines is 1. The molecule has 1 amide bonds. The molecule has 25 heavy (non-hydrogen) atoms. The van der Waals surface area contributed by atoms with E-state index >= 15 is 0 Å². The number of nitrogens with zero attached hydrogens (tertiary/aromatic N) is 1. The molecule has 2 aromatic rings. The van der Waals surface area contributed by atoms with Gasteiger partial charge < -0.3 is 9.64 Å². The van der Waals surface area contributed by atoms with Crippen molar-refractivity contribution in [2.45, 2.75) is 43.9 Å². The molecule has 2 aliphatic rings. The van der Waals surface area contributed by atoms with Crippen molar-refractivity contribution in [3.63, 3.8) is 0 Å². The Morgan fingerprint density at radius 2 is 2.04 bits per heavy atom. The molecule has 1 aromatic carbocycles. The normalized spacial score (nSPS) is 25.8. The quantitative estimate of drug-likeness (QED) is 0.860. The van der Waals surface area contributed by atoms with Gasteiger partial charge in [-0.2, -0.15) is 11.3 Å². The van der Waals surface area contributed by atoms with Crippen LogP contribution in [0.5, 0.6) is 0 Å². The first-order valence-electron chi connectivity index (χ1n) is 8.62. The minimum atomic E-state index is -0.461. The van der Waals surface area contributed by atoms with E-state index in [1.54, 1.807) is 6.07 Å². The molecule has 132 valence electrons. The SMILES string of the molecule is CN1[C@@H]2CC[C@H]1CC(OC(=O)Nc1ccc(F)cc1-c1ccsc1)C2. The van der Waals surface area contributed by atoms with Gasteiger partial charge in [-0.3, -0.25) is 5.32 Å². The highest BCUT2D eigenvalue weighted by Crippen LogP contribution is 2.36. The van der Waals surface area contributed by atoms with Crippen LogP contribution < -0.4 is 5.32 Å². The fourth-order valence-corrected chi connectivity index (χ4v) is 4.69. The van der Waals surface area contributed by atoms with Crippen molar-refractivity contribution in [1.82, 2.24) is 4.90 Å². The van der Waals surface area contributed by atoms with E-state index in [0.717, 1.165) is 18.4 Å². The average molecular weight is 360 g/mol. The number of nitrogens with one attached hydrogen (secondary N) is 1. The molecule has 3 atom stereocenters. The molecule has 4 rings (SSSR count). The molecule has 2 bridgehead atoms. The van der Waals surface area contributed by atoms with Crippen LogP contribution in [0.25, 0.3) is 11.1 Å². The molecule has 0 spiro atoms. The predicted octanol–water partition coefficient (Wildman–Crippen LogP) is 4.73. The average Bonchev–Trinajstić information content (AvgIpc) is 3.16. The summed E-state index contributed by atoms with van der Waals surface area (Å²) in [7, 11) is 2.16. The van der Waals surface area contributed by atoms with Crippen molar-refractivity contribution >= 4 is 23.1 Å². The lowest BCUT2D eigenvalue weighted by Gasteiger charge is -2.35. The largest absolute Gasteiger partial charge is 0.446 e. The third kappa shape index (κ3) is 3.41. The molecule has 4 nitrogen and oxygen atoms in total. The van der Waals surface area contributed by atoms with Crippen LogP contribution in [0, 0.1) is 5.82 Å².